The molecule has 1 amide bonds. The van der Waals surface area contributed by atoms with Crippen LogP contribution in [0, 0.1) is 0 Å². The molecule has 0 aliphatic heterocycles. The first-order valence-corrected chi connectivity index (χ1v) is 5.74. The summed E-state index contributed by atoms with van der Waals surface area (Å²) in [6.07, 6.45) is 0.626. The van der Waals surface area contributed by atoms with Crippen molar-refractivity contribution in [1.82, 2.24) is 5.32 Å². The summed E-state index contributed by atoms with van der Waals surface area (Å²) in [5.41, 5.74) is 6.54. The van der Waals surface area contributed by atoms with Gasteiger partial charge in [-0.25, -0.2) is 0 Å². The lowest BCUT2D eigenvalue weighted by atomic mass is 10.1. The molecule has 0 aliphatic carbocycles. The number of benzene rings is 1. The molecular formula is C12H17ClN2O. The van der Waals surface area contributed by atoms with Crippen LogP contribution in [-0.2, 0) is 4.79 Å². The third kappa shape index (κ3) is 3.22. The molecule has 16 heavy (non-hydrogen) atoms. The fraction of sp³-hybridized carbons (Fsp3) is 0.417. The smallest absolute Gasteiger partial charge is 0.237 e. The molecule has 3 nitrogen and oxygen atoms in total. The SMILES string of the molecule is CC[C@H](N)C(=O)N[C@@H](C)c1ccccc1Cl. The molecule has 0 aromatic heterocycles. The first-order chi connectivity index (χ1) is 7.56. The summed E-state index contributed by atoms with van der Waals surface area (Å²) in [6.45, 7) is 3.77. The number of rotatable bonds is 4. The highest BCUT2D eigenvalue weighted by molar-refractivity contribution is 6.31. The van der Waals surface area contributed by atoms with Crippen molar-refractivity contribution in [3.05, 3.63) is 34.9 Å². The Kier molecular flexibility index (Phi) is 4.77. The van der Waals surface area contributed by atoms with E-state index in [9.17, 15) is 4.79 Å². The van der Waals surface area contributed by atoms with Gasteiger partial charge in [0, 0.05) is 5.02 Å². The van der Waals surface area contributed by atoms with Gasteiger partial charge in [0.25, 0.3) is 0 Å². The third-order valence-corrected chi connectivity index (χ3v) is 2.85. The van der Waals surface area contributed by atoms with Crippen molar-refractivity contribution in [1.29, 1.82) is 0 Å². The van der Waals surface area contributed by atoms with E-state index in [0.717, 1.165) is 5.56 Å². The predicted molar refractivity (Wildman–Crippen MR) is 66.3 cm³/mol. The highest BCUT2D eigenvalue weighted by Crippen LogP contribution is 2.21. The largest absolute Gasteiger partial charge is 0.348 e. The summed E-state index contributed by atoms with van der Waals surface area (Å²) in [5, 5.41) is 3.49. The number of hydrogen-bond donors (Lipinski definition) is 2. The molecule has 0 heterocycles. The van der Waals surface area contributed by atoms with Crippen molar-refractivity contribution in [3.63, 3.8) is 0 Å². The van der Waals surface area contributed by atoms with Gasteiger partial charge in [0.2, 0.25) is 5.91 Å². The van der Waals surface area contributed by atoms with Crippen LogP contribution in [0.1, 0.15) is 31.9 Å². The lowest BCUT2D eigenvalue weighted by Gasteiger charge is -2.18. The van der Waals surface area contributed by atoms with E-state index >= 15 is 0 Å². The van der Waals surface area contributed by atoms with Gasteiger partial charge in [-0.15, -0.1) is 0 Å². The maximum Gasteiger partial charge on any atom is 0.237 e. The molecule has 0 saturated heterocycles. The summed E-state index contributed by atoms with van der Waals surface area (Å²) in [5.74, 6) is -0.144. The molecular weight excluding hydrogens is 224 g/mol. The van der Waals surface area contributed by atoms with Crippen LogP contribution in [0.4, 0.5) is 0 Å². The molecule has 0 saturated carbocycles. The van der Waals surface area contributed by atoms with Gasteiger partial charge < -0.3 is 11.1 Å². The Morgan fingerprint density at radius 1 is 1.50 bits per heavy atom. The molecule has 0 spiro atoms. The molecule has 0 fully saturated rings. The average molecular weight is 241 g/mol. The van der Waals surface area contributed by atoms with E-state index in [1.807, 2.05) is 32.0 Å². The normalized spacial score (nSPS) is 14.2. The minimum Gasteiger partial charge on any atom is -0.348 e. The summed E-state index contributed by atoms with van der Waals surface area (Å²) in [7, 11) is 0. The number of nitrogens with one attached hydrogen (secondary N) is 1. The van der Waals surface area contributed by atoms with Crippen molar-refractivity contribution in [2.24, 2.45) is 5.73 Å². The van der Waals surface area contributed by atoms with E-state index in [1.165, 1.54) is 0 Å². The van der Waals surface area contributed by atoms with Gasteiger partial charge >= 0.3 is 0 Å². The Bertz CT molecular complexity index is 368. The van der Waals surface area contributed by atoms with E-state index in [-0.39, 0.29) is 11.9 Å². The molecule has 0 radical (unpaired) electrons. The molecule has 0 unspecified atom stereocenters. The van der Waals surface area contributed by atoms with Crippen LogP contribution < -0.4 is 11.1 Å². The highest BCUT2D eigenvalue weighted by Gasteiger charge is 2.16. The van der Waals surface area contributed by atoms with E-state index < -0.39 is 6.04 Å². The van der Waals surface area contributed by atoms with Crippen molar-refractivity contribution in [2.45, 2.75) is 32.4 Å². The van der Waals surface area contributed by atoms with Crippen molar-refractivity contribution in [2.75, 3.05) is 0 Å². The van der Waals surface area contributed by atoms with Crippen molar-refractivity contribution < 1.29 is 4.79 Å². The Morgan fingerprint density at radius 2 is 2.12 bits per heavy atom. The van der Waals surface area contributed by atoms with Crippen molar-refractivity contribution in [3.8, 4) is 0 Å². The minimum absolute atomic E-state index is 0.126. The molecule has 0 bridgehead atoms. The Hall–Kier alpha value is -1.06. The zero-order chi connectivity index (χ0) is 12.1. The number of carbonyl (C=O) groups is 1. The average Bonchev–Trinajstić information content (AvgIpc) is 2.28. The Balaban J connectivity index is 2.69. The molecule has 0 aliphatic rings. The summed E-state index contributed by atoms with van der Waals surface area (Å²) < 4.78 is 0. The van der Waals surface area contributed by atoms with E-state index in [0.29, 0.717) is 11.4 Å². The van der Waals surface area contributed by atoms with Gasteiger partial charge in [0.15, 0.2) is 0 Å². The van der Waals surface area contributed by atoms with Crippen LogP contribution in [0.5, 0.6) is 0 Å². The highest BCUT2D eigenvalue weighted by atomic mass is 35.5. The summed E-state index contributed by atoms with van der Waals surface area (Å²) >= 11 is 6.03. The Labute approximate surface area is 101 Å². The van der Waals surface area contributed by atoms with Crippen LogP contribution in [0.3, 0.4) is 0 Å². The molecule has 4 heteroatoms. The molecule has 2 atom stereocenters. The maximum absolute atomic E-state index is 11.6. The first-order valence-electron chi connectivity index (χ1n) is 5.36. The van der Waals surface area contributed by atoms with Crippen molar-refractivity contribution >= 4 is 17.5 Å². The zero-order valence-corrected chi connectivity index (χ0v) is 10.3. The van der Waals surface area contributed by atoms with Crippen LogP contribution in [0.2, 0.25) is 5.02 Å². The lowest BCUT2D eigenvalue weighted by molar-refractivity contribution is -0.123. The lowest BCUT2D eigenvalue weighted by Crippen LogP contribution is -2.41. The molecule has 1 aromatic rings. The van der Waals surface area contributed by atoms with E-state index in [1.54, 1.807) is 6.07 Å². The van der Waals surface area contributed by atoms with Gasteiger partial charge in [-0.1, -0.05) is 36.7 Å². The second-order valence-electron chi connectivity index (χ2n) is 3.77. The zero-order valence-electron chi connectivity index (χ0n) is 9.53. The second-order valence-corrected chi connectivity index (χ2v) is 4.17. The van der Waals surface area contributed by atoms with Gasteiger partial charge in [0.05, 0.1) is 12.1 Å². The fourth-order valence-corrected chi connectivity index (χ4v) is 1.71. The van der Waals surface area contributed by atoms with Gasteiger partial charge in [-0.05, 0) is 25.0 Å². The summed E-state index contributed by atoms with van der Waals surface area (Å²) in [4.78, 5) is 11.6. The summed E-state index contributed by atoms with van der Waals surface area (Å²) in [6, 6.07) is 6.87. The van der Waals surface area contributed by atoms with Crippen LogP contribution in [0.15, 0.2) is 24.3 Å². The maximum atomic E-state index is 11.6. The topological polar surface area (TPSA) is 55.1 Å². The number of nitrogens with two attached hydrogens (primary N) is 1. The van der Waals surface area contributed by atoms with E-state index in [2.05, 4.69) is 5.32 Å². The predicted octanol–water partition coefficient (Wildman–Crippen LogP) is 2.25. The number of amides is 1. The fourth-order valence-electron chi connectivity index (χ4n) is 1.41. The van der Waals surface area contributed by atoms with Crippen LogP contribution >= 0.6 is 11.6 Å². The van der Waals surface area contributed by atoms with Gasteiger partial charge in [-0.2, -0.15) is 0 Å². The second kappa shape index (κ2) is 5.87. The molecule has 1 rings (SSSR count). The minimum atomic E-state index is -0.454. The third-order valence-electron chi connectivity index (χ3n) is 2.51. The standard InChI is InChI=1S/C12H17ClN2O/c1-3-11(14)12(16)15-8(2)9-6-4-5-7-10(9)13/h4-8,11H,3,14H2,1-2H3,(H,15,16)/t8-,11-/m0/s1. The molecule has 3 N–H and O–H groups in total. The number of halogens is 1. The molecule has 1 aromatic carbocycles. The van der Waals surface area contributed by atoms with Crippen LogP contribution in [0.25, 0.3) is 0 Å². The quantitative estimate of drug-likeness (QED) is 0.848. The van der Waals surface area contributed by atoms with Gasteiger partial charge in [0.1, 0.15) is 0 Å². The first kappa shape index (κ1) is 13.0. The van der Waals surface area contributed by atoms with Gasteiger partial charge in [-0.3, -0.25) is 4.79 Å². The number of hydrogen-bond acceptors (Lipinski definition) is 2. The number of carbonyl (C=O) groups excluding carboxylic acids is 1. The van der Waals surface area contributed by atoms with E-state index in [4.69, 9.17) is 17.3 Å². The van der Waals surface area contributed by atoms with Crippen LogP contribution in [-0.4, -0.2) is 11.9 Å². The Morgan fingerprint density at radius 3 is 2.69 bits per heavy atom. The molecule has 88 valence electrons. The monoisotopic (exact) mass is 240 g/mol.